The van der Waals surface area contributed by atoms with E-state index in [4.69, 9.17) is 4.74 Å². The van der Waals surface area contributed by atoms with E-state index in [2.05, 4.69) is 20.7 Å². The summed E-state index contributed by atoms with van der Waals surface area (Å²) in [5.41, 5.74) is 0.647. The van der Waals surface area contributed by atoms with Gasteiger partial charge in [0.2, 0.25) is 0 Å². The van der Waals surface area contributed by atoms with Gasteiger partial charge < -0.3 is 14.4 Å². The van der Waals surface area contributed by atoms with E-state index in [-0.39, 0.29) is 6.54 Å². The van der Waals surface area contributed by atoms with Crippen molar-refractivity contribution in [1.29, 1.82) is 0 Å². The van der Waals surface area contributed by atoms with Crippen LogP contribution in [0.4, 0.5) is 18.0 Å². The van der Waals surface area contributed by atoms with E-state index in [0.717, 1.165) is 9.37 Å². The Morgan fingerprint density at radius 3 is 2.60 bits per heavy atom. The molecular weight excluding hydrogens is 343 g/mol. The minimum atomic E-state index is -4.54. The van der Waals surface area contributed by atoms with Gasteiger partial charge in [-0.1, -0.05) is 15.9 Å². The first-order chi connectivity index (χ1) is 9.23. The predicted octanol–water partition coefficient (Wildman–Crippen LogP) is 3.59. The molecule has 0 aliphatic heterocycles. The number of methoxy groups -OCH3 is 1. The van der Waals surface area contributed by atoms with E-state index in [1.165, 1.54) is 14.2 Å². The molecule has 0 radical (unpaired) electrons. The molecule has 8 heteroatoms. The van der Waals surface area contributed by atoms with Crippen molar-refractivity contribution in [3.05, 3.63) is 28.2 Å². The number of hydrogen-bond acceptors (Lipinski definition) is 3. The molecule has 0 spiro atoms. The first-order valence-corrected chi connectivity index (χ1v) is 6.29. The zero-order valence-electron chi connectivity index (χ0n) is 10.8. The molecule has 0 unspecified atom stereocenters. The lowest BCUT2D eigenvalue weighted by Gasteiger charge is -2.19. The second-order valence-electron chi connectivity index (χ2n) is 3.98. The summed E-state index contributed by atoms with van der Waals surface area (Å²) < 4.78 is 45.9. The van der Waals surface area contributed by atoms with E-state index in [1.54, 1.807) is 18.2 Å². The van der Waals surface area contributed by atoms with Crippen molar-refractivity contribution >= 4 is 22.0 Å². The van der Waals surface area contributed by atoms with Gasteiger partial charge in [-0.05, 0) is 18.2 Å². The van der Waals surface area contributed by atoms with Crippen molar-refractivity contribution in [2.75, 3.05) is 20.8 Å². The summed E-state index contributed by atoms with van der Waals surface area (Å²) in [5.74, 6) is 0.531. The SMILES string of the molecule is COc1ccc(Br)cc1CN(C)C(=O)OCC(F)(F)F. The van der Waals surface area contributed by atoms with Gasteiger partial charge in [-0.15, -0.1) is 0 Å². The molecular formula is C12H13BrF3NO3. The Balaban J connectivity index is 2.68. The number of benzene rings is 1. The van der Waals surface area contributed by atoms with Crippen LogP contribution in [0.25, 0.3) is 0 Å². The van der Waals surface area contributed by atoms with Gasteiger partial charge in [0.05, 0.1) is 13.7 Å². The topological polar surface area (TPSA) is 38.8 Å². The minimum absolute atomic E-state index is 0.0688. The fourth-order valence-corrected chi connectivity index (χ4v) is 1.85. The number of carbonyl (C=O) groups is 1. The number of rotatable bonds is 4. The summed E-state index contributed by atoms with van der Waals surface area (Å²) in [5, 5.41) is 0. The Kier molecular flexibility index (Phi) is 5.67. The Morgan fingerprint density at radius 1 is 1.40 bits per heavy atom. The molecule has 1 aromatic carbocycles. The maximum atomic E-state index is 12.0. The number of carbonyl (C=O) groups excluding carboxylic acids is 1. The Bertz CT molecular complexity index is 480. The van der Waals surface area contributed by atoms with Crippen LogP contribution < -0.4 is 4.74 Å². The van der Waals surface area contributed by atoms with Crippen LogP contribution in [0.5, 0.6) is 5.75 Å². The lowest BCUT2D eigenvalue weighted by Crippen LogP contribution is -2.30. The van der Waals surface area contributed by atoms with Crippen molar-refractivity contribution in [1.82, 2.24) is 4.90 Å². The molecule has 1 amide bonds. The lowest BCUT2D eigenvalue weighted by molar-refractivity contribution is -0.162. The van der Waals surface area contributed by atoms with Crippen molar-refractivity contribution in [2.24, 2.45) is 0 Å². The number of halogens is 4. The highest BCUT2D eigenvalue weighted by Crippen LogP contribution is 2.24. The molecule has 0 N–H and O–H groups in total. The molecule has 0 fully saturated rings. The zero-order chi connectivity index (χ0) is 15.3. The number of nitrogens with zero attached hydrogens (tertiary/aromatic N) is 1. The van der Waals surface area contributed by atoms with Gasteiger partial charge in [-0.3, -0.25) is 0 Å². The van der Waals surface area contributed by atoms with Gasteiger partial charge >= 0.3 is 12.3 Å². The summed E-state index contributed by atoms with van der Waals surface area (Å²) in [6.07, 6.45) is -5.59. The third kappa shape index (κ3) is 5.28. The maximum absolute atomic E-state index is 12.0. The molecule has 1 aromatic rings. The number of amides is 1. The fourth-order valence-electron chi connectivity index (χ4n) is 1.44. The molecule has 112 valence electrons. The molecule has 0 bridgehead atoms. The first-order valence-electron chi connectivity index (χ1n) is 5.50. The van der Waals surface area contributed by atoms with E-state index in [9.17, 15) is 18.0 Å². The van der Waals surface area contributed by atoms with Crippen LogP contribution in [-0.4, -0.2) is 37.9 Å². The number of hydrogen-bond donors (Lipinski definition) is 0. The normalized spacial score (nSPS) is 11.1. The highest BCUT2D eigenvalue weighted by Gasteiger charge is 2.30. The van der Waals surface area contributed by atoms with Crippen molar-refractivity contribution in [3.63, 3.8) is 0 Å². The van der Waals surface area contributed by atoms with E-state index < -0.39 is 18.9 Å². The van der Waals surface area contributed by atoms with Gasteiger partial charge in [0.1, 0.15) is 5.75 Å². The lowest BCUT2D eigenvalue weighted by atomic mass is 10.2. The van der Waals surface area contributed by atoms with E-state index >= 15 is 0 Å². The Morgan fingerprint density at radius 2 is 2.05 bits per heavy atom. The molecule has 0 heterocycles. The zero-order valence-corrected chi connectivity index (χ0v) is 12.4. The highest BCUT2D eigenvalue weighted by atomic mass is 79.9. The highest BCUT2D eigenvalue weighted by molar-refractivity contribution is 9.10. The molecule has 0 saturated heterocycles. The molecule has 0 aliphatic carbocycles. The number of ether oxygens (including phenoxy) is 2. The molecule has 4 nitrogen and oxygen atoms in total. The van der Waals surface area contributed by atoms with Gasteiger partial charge in [0, 0.05) is 17.1 Å². The van der Waals surface area contributed by atoms with Crippen molar-refractivity contribution < 1.29 is 27.4 Å². The van der Waals surface area contributed by atoms with Crippen LogP contribution in [0.3, 0.4) is 0 Å². The molecule has 1 rings (SSSR count). The Labute approximate surface area is 122 Å². The monoisotopic (exact) mass is 355 g/mol. The fraction of sp³-hybridized carbons (Fsp3) is 0.417. The molecule has 0 aromatic heterocycles. The van der Waals surface area contributed by atoms with Crippen LogP contribution >= 0.6 is 15.9 Å². The first kappa shape index (κ1) is 16.6. The average molecular weight is 356 g/mol. The molecule has 0 aliphatic rings. The van der Waals surface area contributed by atoms with Gasteiger partial charge in [-0.25, -0.2) is 4.79 Å². The average Bonchev–Trinajstić information content (AvgIpc) is 2.35. The Hall–Kier alpha value is -1.44. The quantitative estimate of drug-likeness (QED) is 0.828. The van der Waals surface area contributed by atoms with Crippen molar-refractivity contribution in [2.45, 2.75) is 12.7 Å². The van der Waals surface area contributed by atoms with Crippen LogP contribution in [0, 0.1) is 0 Å². The van der Waals surface area contributed by atoms with E-state index in [1.807, 2.05) is 0 Å². The van der Waals surface area contributed by atoms with E-state index in [0.29, 0.717) is 11.3 Å². The summed E-state index contributed by atoms with van der Waals surface area (Å²) in [6, 6.07) is 5.16. The van der Waals surface area contributed by atoms with Gasteiger partial charge in [0.15, 0.2) is 6.61 Å². The largest absolute Gasteiger partial charge is 0.496 e. The van der Waals surface area contributed by atoms with Crippen LogP contribution in [0.15, 0.2) is 22.7 Å². The summed E-state index contributed by atoms with van der Waals surface area (Å²) >= 11 is 3.27. The third-order valence-electron chi connectivity index (χ3n) is 2.32. The van der Waals surface area contributed by atoms with Gasteiger partial charge in [-0.2, -0.15) is 13.2 Å². The second kappa shape index (κ2) is 6.83. The molecule has 20 heavy (non-hydrogen) atoms. The predicted molar refractivity (Wildman–Crippen MR) is 69.6 cm³/mol. The van der Waals surface area contributed by atoms with Crippen LogP contribution in [-0.2, 0) is 11.3 Å². The summed E-state index contributed by atoms with van der Waals surface area (Å²) in [4.78, 5) is 12.5. The summed E-state index contributed by atoms with van der Waals surface area (Å²) in [7, 11) is 2.81. The summed E-state index contributed by atoms with van der Waals surface area (Å²) in [6.45, 7) is -1.54. The van der Waals surface area contributed by atoms with Gasteiger partial charge in [0.25, 0.3) is 0 Å². The second-order valence-corrected chi connectivity index (χ2v) is 4.90. The third-order valence-corrected chi connectivity index (χ3v) is 2.81. The van der Waals surface area contributed by atoms with Crippen LogP contribution in [0.2, 0.25) is 0 Å². The maximum Gasteiger partial charge on any atom is 0.422 e. The smallest absolute Gasteiger partial charge is 0.422 e. The molecule has 0 atom stereocenters. The minimum Gasteiger partial charge on any atom is -0.496 e. The molecule has 0 saturated carbocycles. The van der Waals surface area contributed by atoms with Crippen LogP contribution in [0.1, 0.15) is 5.56 Å². The number of alkyl halides is 3. The van der Waals surface area contributed by atoms with Crippen molar-refractivity contribution in [3.8, 4) is 5.75 Å². The standard InChI is InChI=1S/C12H13BrF3NO3/c1-17(11(18)20-7-12(14,15)16)6-8-5-9(13)3-4-10(8)19-2/h3-5H,6-7H2,1-2H3.